The zero-order valence-corrected chi connectivity index (χ0v) is 11.0. The molecule has 3 aromatic heterocycles. The van der Waals surface area contributed by atoms with E-state index in [2.05, 4.69) is 25.8 Å². The molecule has 0 fully saturated rings. The Kier molecular flexibility index (Phi) is 3.38. The average Bonchev–Trinajstić information content (AvgIpc) is 3.12. The fraction of sp³-hybridized carbons (Fsp3) is 0. The van der Waals surface area contributed by atoms with Crippen LogP contribution >= 0.6 is 11.3 Å². The Morgan fingerprint density at radius 2 is 2.00 bits per heavy atom. The number of nitrogens with zero attached hydrogens (tertiary/aromatic N) is 4. The summed E-state index contributed by atoms with van der Waals surface area (Å²) in [7, 11) is 0. The first-order valence-corrected chi connectivity index (χ1v) is 6.62. The Balaban J connectivity index is 1.65. The van der Waals surface area contributed by atoms with Crippen molar-refractivity contribution in [3.8, 4) is 5.82 Å². The summed E-state index contributed by atoms with van der Waals surface area (Å²) in [5.41, 5.74) is 0.607. The van der Waals surface area contributed by atoms with Gasteiger partial charge in [0.15, 0.2) is 0 Å². The molecule has 0 unspecified atom stereocenters. The number of urea groups is 1. The molecule has 0 saturated carbocycles. The number of pyridine rings is 1. The molecule has 0 bridgehead atoms. The molecule has 0 radical (unpaired) electrons. The third-order valence-electron chi connectivity index (χ3n) is 2.45. The van der Waals surface area contributed by atoms with Crippen LogP contribution in [0, 0.1) is 0 Å². The van der Waals surface area contributed by atoms with Crippen LogP contribution in [0.2, 0.25) is 0 Å². The summed E-state index contributed by atoms with van der Waals surface area (Å²) in [4.78, 5) is 15.9. The second-order valence-corrected chi connectivity index (χ2v) is 4.78. The molecule has 0 atom stereocenters. The van der Waals surface area contributed by atoms with Gasteiger partial charge in [-0.1, -0.05) is 0 Å². The summed E-state index contributed by atoms with van der Waals surface area (Å²) >= 11 is 1.46. The van der Waals surface area contributed by atoms with E-state index in [9.17, 15) is 4.79 Å². The van der Waals surface area contributed by atoms with Gasteiger partial charge in [-0.15, -0.1) is 21.5 Å². The van der Waals surface area contributed by atoms with Crippen molar-refractivity contribution >= 4 is 28.1 Å². The minimum absolute atomic E-state index is 0.300. The van der Waals surface area contributed by atoms with E-state index in [4.69, 9.17) is 0 Å². The molecule has 0 aliphatic heterocycles. The zero-order valence-electron chi connectivity index (χ0n) is 10.2. The third kappa shape index (κ3) is 2.81. The Labute approximate surface area is 118 Å². The number of aromatic nitrogens is 4. The Bertz CT molecular complexity index is 677. The molecule has 0 aromatic carbocycles. The van der Waals surface area contributed by atoms with E-state index in [0.29, 0.717) is 11.5 Å². The van der Waals surface area contributed by atoms with E-state index in [1.165, 1.54) is 11.3 Å². The molecular formula is C12H10N6OS. The number of carbonyl (C=O) groups excluding carboxylic acids is 1. The molecule has 7 nitrogen and oxygen atoms in total. The molecule has 3 heterocycles. The lowest BCUT2D eigenvalue weighted by Gasteiger charge is -2.06. The van der Waals surface area contributed by atoms with E-state index >= 15 is 0 Å². The van der Waals surface area contributed by atoms with Crippen LogP contribution in [0.25, 0.3) is 5.82 Å². The van der Waals surface area contributed by atoms with Gasteiger partial charge in [0.05, 0.1) is 16.9 Å². The van der Waals surface area contributed by atoms with Crippen molar-refractivity contribution in [1.29, 1.82) is 0 Å². The van der Waals surface area contributed by atoms with Crippen molar-refractivity contribution in [3.63, 3.8) is 0 Å². The summed E-state index contributed by atoms with van der Waals surface area (Å²) < 4.78 is 1.68. The van der Waals surface area contributed by atoms with E-state index in [1.54, 1.807) is 35.6 Å². The molecule has 0 aliphatic rings. The highest BCUT2D eigenvalue weighted by Crippen LogP contribution is 2.15. The fourth-order valence-electron chi connectivity index (χ4n) is 1.56. The number of rotatable bonds is 3. The summed E-state index contributed by atoms with van der Waals surface area (Å²) in [6.45, 7) is 0. The summed E-state index contributed by atoms with van der Waals surface area (Å²) in [5, 5.41) is 15.5. The minimum atomic E-state index is -0.300. The van der Waals surface area contributed by atoms with Crippen LogP contribution in [0.1, 0.15) is 0 Å². The van der Waals surface area contributed by atoms with Gasteiger partial charge in [-0.05, 0) is 29.6 Å². The van der Waals surface area contributed by atoms with E-state index in [1.807, 2.05) is 17.5 Å². The van der Waals surface area contributed by atoms with E-state index in [-0.39, 0.29) is 6.03 Å². The number of hydrogen-bond acceptors (Lipinski definition) is 5. The molecule has 20 heavy (non-hydrogen) atoms. The van der Waals surface area contributed by atoms with Crippen molar-refractivity contribution in [2.45, 2.75) is 0 Å². The van der Waals surface area contributed by atoms with E-state index in [0.717, 1.165) is 5.00 Å². The summed E-state index contributed by atoms with van der Waals surface area (Å²) in [5.74, 6) is 0.680. The maximum atomic E-state index is 11.7. The number of carbonyl (C=O) groups is 1. The number of hydrogen-bond donors (Lipinski definition) is 2. The van der Waals surface area contributed by atoms with Gasteiger partial charge in [-0.3, -0.25) is 9.88 Å². The predicted molar refractivity (Wildman–Crippen MR) is 76.1 cm³/mol. The fourth-order valence-corrected chi connectivity index (χ4v) is 2.17. The highest BCUT2D eigenvalue weighted by Gasteiger charge is 2.04. The zero-order chi connectivity index (χ0) is 13.8. The summed E-state index contributed by atoms with van der Waals surface area (Å²) in [6.07, 6.45) is 4.68. The van der Waals surface area contributed by atoms with Crippen LogP contribution < -0.4 is 10.6 Å². The second-order valence-electron chi connectivity index (χ2n) is 3.83. The van der Waals surface area contributed by atoms with Crippen molar-refractivity contribution in [2.24, 2.45) is 0 Å². The van der Waals surface area contributed by atoms with Crippen LogP contribution in [0.5, 0.6) is 0 Å². The Morgan fingerprint density at radius 1 is 1.15 bits per heavy atom. The molecule has 3 rings (SSSR count). The standard InChI is InChI=1S/C12H10N6OS/c19-12(17-11-2-1-5-20-11)16-9-3-4-10(13-6-9)18-7-14-15-8-18/h1-8H,(H2,16,17,19). The minimum Gasteiger partial charge on any atom is -0.306 e. The van der Waals surface area contributed by atoms with Crippen molar-refractivity contribution < 1.29 is 4.79 Å². The highest BCUT2D eigenvalue weighted by atomic mass is 32.1. The van der Waals surface area contributed by atoms with Crippen LogP contribution in [-0.4, -0.2) is 25.8 Å². The maximum absolute atomic E-state index is 11.7. The van der Waals surface area contributed by atoms with Gasteiger partial charge in [0.1, 0.15) is 18.5 Å². The van der Waals surface area contributed by atoms with Gasteiger partial charge in [0.2, 0.25) is 0 Å². The Morgan fingerprint density at radius 3 is 2.65 bits per heavy atom. The van der Waals surface area contributed by atoms with Crippen LogP contribution in [-0.2, 0) is 0 Å². The molecule has 0 saturated heterocycles. The molecule has 3 aromatic rings. The first-order valence-electron chi connectivity index (χ1n) is 5.74. The van der Waals surface area contributed by atoms with E-state index < -0.39 is 0 Å². The van der Waals surface area contributed by atoms with Gasteiger partial charge in [0.25, 0.3) is 0 Å². The van der Waals surface area contributed by atoms with Gasteiger partial charge in [-0.2, -0.15) is 0 Å². The first kappa shape index (κ1) is 12.3. The number of thiophene rings is 1. The molecule has 0 aliphatic carbocycles. The van der Waals surface area contributed by atoms with Gasteiger partial charge < -0.3 is 5.32 Å². The second kappa shape index (κ2) is 5.49. The van der Waals surface area contributed by atoms with Crippen molar-refractivity contribution in [3.05, 3.63) is 48.5 Å². The molecule has 2 amide bonds. The van der Waals surface area contributed by atoms with Gasteiger partial charge in [-0.25, -0.2) is 9.78 Å². The molecule has 2 N–H and O–H groups in total. The lowest BCUT2D eigenvalue weighted by atomic mass is 10.4. The monoisotopic (exact) mass is 286 g/mol. The molecular weight excluding hydrogens is 276 g/mol. The number of nitrogens with one attached hydrogen (secondary N) is 2. The van der Waals surface area contributed by atoms with Crippen molar-refractivity contribution in [2.75, 3.05) is 10.6 Å². The average molecular weight is 286 g/mol. The first-order chi connectivity index (χ1) is 9.81. The Hall–Kier alpha value is -2.74. The third-order valence-corrected chi connectivity index (χ3v) is 3.23. The lowest BCUT2D eigenvalue weighted by Crippen LogP contribution is -2.18. The summed E-state index contributed by atoms with van der Waals surface area (Å²) in [6, 6.07) is 6.93. The van der Waals surface area contributed by atoms with Crippen LogP contribution in [0.15, 0.2) is 48.5 Å². The van der Waals surface area contributed by atoms with Crippen LogP contribution in [0.4, 0.5) is 15.5 Å². The van der Waals surface area contributed by atoms with Gasteiger partial charge >= 0.3 is 6.03 Å². The molecule has 0 spiro atoms. The normalized spacial score (nSPS) is 10.2. The van der Waals surface area contributed by atoms with Gasteiger partial charge in [0, 0.05) is 0 Å². The molecule has 100 valence electrons. The number of amides is 2. The molecule has 8 heteroatoms. The maximum Gasteiger partial charge on any atom is 0.324 e. The largest absolute Gasteiger partial charge is 0.324 e. The smallest absolute Gasteiger partial charge is 0.306 e. The van der Waals surface area contributed by atoms with Crippen molar-refractivity contribution in [1.82, 2.24) is 19.7 Å². The lowest BCUT2D eigenvalue weighted by molar-refractivity contribution is 0.262. The SMILES string of the molecule is O=C(Nc1ccc(-n2cnnc2)nc1)Nc1cccs1. The predicted octanol–water partition coefficient (Wildman–Crippen LogP) is 2.37. The highest BCUT2D eigenvalue weighted by molar-refractivity contribution is 7.14. The number of anilines is 2. The van der Waals surface area contributed by atoms with Crippen LogP contribution in [0.3, 0.4) is 0 Å². The quantitative estimate of drug-likeness (QED) is 0.774. The topological polar surface area (TPSA) is 84.7 Å².